The van der Waals surface area contributed by atoms with Gasteiger partial charge in [0, 0.05) is 5.41 Å². The van der Waals surface area contributed by atoms with E-state index in [0.29, 0.717) is 6.42 Å². The predicted octanol–water partition coefficient (Wildman–Crippen LogP) is 2.51. The van der Waals surface area contributed by atoms with Crippen molar-refractivity contribution in [3.8, 4) is 5.75 Å². The molecule has 0 heterocycles. The summed E-state index contributed by atoms with van der Waals surface area (Å²) in [5, 5.41) is 11.5. The Morgan fingerprint density at radius 2 is 1.94 bits per heavy atom. The molecule has 1 aromatic rings. The lowest BCUT2D eigenvalue weighted by Gasteiger charge is -2.22. The van der Waals surface area contributed by atoms with Crippen LogP contribution in [0, 0.1) is 17.0 Å². The topological polar surface area (TPSA) is 67.8 Å². The number of rotatable bonds is 5. The third kappa shape index (κ3) is 3.32. The smallest absolute Gasteiger partial charge is 0.190 e. The minimum atomic E-state index is -0.753. The van der Waals surface area contributed by atoms with Crippen LogP contribution in [0.15, 0.2) is 23.4 Å². The summed E-state index contributed by atoms with van der Waals surface area (Å²) in [5.41, 5.74) is 4.87. The molecule has 1 aromatic carbocycles. The average Bonchev–Trinajstić information content (AvgIpc) is 2.31. The highest BCUT2D eigenvalue weighted by atomic mass is 19.1. The Morgan fingerprint density at radius 3 is 2.44 bits per heavy atom. The maximum absolute atomic E-state index is 13.2. The molecule has 0 unspecified atom stereocenters. The fourth-order valence-electron chi connectivity index (χ4n) is 1.29. The number of oxime groups is 1. The zero-order valence-electron chi connectivity index (χ0n) is 10.3. The average molecular weight is 258 g/mol. The third-order valence-corrected chi connectivity index (χ3v) is 2.69. The number of nitrogens with two attached hydrogens (primary N) is 1. The van der Waals surface area contributed by atoms with Crippen LogP contribution in [0.2, 0.25) is 0 Å². The molecule has 0 amide bonds. The Bertz CT molecular complexity index is 427. The summed E-state index contributed by atoms with van der Waals surface area (Å²) in [6.07, 6.45) is 0.358. The van der Waals surface area contributed by atoms with Gasteiger partial charge in [-0.15, -0.1) is 0 Å². The summed E-state index contributed by atoms with van der Waals surface area (Å²) in [6, 6.07) is 3.50. The number of amidine groups is 1. The molecule has 3 N–H and O–H groups in total. The summed E-state index contributed by atoms with van der Waals surface area (Å²) < 4.78 is 31.5. The van der Waals surface area contributed by atoms with Gasteiger partial charge in [0.2, 0.25) is 0 Å². The molecule has 0 aliphatic rings. The van der Waals surface area contributed by atoms with Gasteiger partial charge < -0.3 is 15.7 Å². The summed E-state index contributed by atoms with van der Waals surface area (Å²) in [4.78, 5) is 0. The SMILES string of the molecule is CC(C)(CCOc1c(F)cccc1F)/C(N)=N/O. The summed E-state index contributed by atoms with van der Waals surface area (Å²) in [7, 11) is 0. The fourth-order valence-corrected chi connectivity index (χ4v) is 1.29. The van der Waals surface area contributed by atoms with E-state index in [1.807, 2.05) is 0 Å². The van der Waals surface area contributed by atoms with Crippen LogP contribution in [0.1, 0.15) is 20.3 Å². The number of ether oxygens (including phenoxy) is 1. The summed E-state index contributed by atoms with van der Waals surface area (Å²) in [6.45, 7) is 3.54. The molecule has 0 radical (unpaired) electrons. The van der Waals surface area contributed by atoms with Gasteiger partial charge in [-0.3, -0.25) is 0 Å². The molecule has 0 fully saturated rings. The zero-order valence-corrected chi connectivity index (χ0v) is 10.3. The van der Waals surface area contributed by atoms with Gasteiger partial charge in [-0.2, -0.15) is 0 Å². The second-order valence-electron chi connectivity index (χ2n) is 4.52. The van der Waals surface area contributed by atoms with Crippen molar-refractivity contribution in [2.75, 3.05) is 6.61 Å². The molecule has 0 saturated carbocycles. The highest BCUT2D eigenvalue weighted by molar-refractivity contribution is 5.85. The molecule has 100 valence electrons. The summed E-state index contributed by atoms with van der Waals surface area (Å²) in [5.74, 6) is -1.87. The first-order chi connectivity index (χ1) is 8.38. The zero-order chi connectivity index (χ0) is 13.8. The first-order valence-electron chi connectivity index (χ1n) is 5.43. The van der Waals surface area contributed by atoms with Gasteiger partial charge in [0.15, 0.2) is 17.4 Å². The number of para-hydroxylation sites is 1. The first-order valence-corrected chi connectivity index (χ1v) is 5.43. The van der Waals surface area contributed by atoms with Gasteiger partial charge in [-0.1, -0.05) is 25.1 Å². The lowest BCUT2D eigenvalue weighted by atomic mass is 9.88. The lowest BCUT2D eigenvalue weighted by Crippen LogP contribution is -2.33. The Morgan fingerprint density at radius 1 is 1.39 bits per heavy atom. The number of hydrogen-bond acceptors (Lipinski definition) is 3. The molecule has 18 heavy (non-hydrogen) atoms. The molecular formula is C12H16F2N2O2. The maximum atomic E-state index is 13.2. The van der Waals surface area contributed by atoms with Crippen LogP contribution in [-0.2, 0) is 0 Å². The van der Waals surface area contributed by atoms with E-state index in [0.717, 1.165) is 12.1 Å². The number of nitrogens with zero attached hydrogens (tertiary/aromatic N) is 1. The van der Waals surface area contributed by atoms with Crippen molar-refractivity contribution in [1.29, 1.82) is 0 Å². The highest BCUT2D eigenvalue weighted by Crippen LogP contribution is 2.24. The molecule has 6 heteroatoms. The van der Waals surface area contributed by atoms with Crippen molar-refractivity contribution in [3.63, 3.8) is 0 Å². The Hall–Kier alpha value is -1.85. The Labute approximate surface area is 104 Å². The van der Waals surface area contributed by atoms with Crippen LogP contribution in [0.4, 0.5) is 8.78 Å². The molecule has 0 spiro atoms. The van der Waals surface area contributed by atoms with Crippen LogP contribution in [0.3, 0.4) is 0 Å². The minimum Gasteiger partial charge on any atom is -0.488 e. The molecule has 0 saturated heterocycles. The van der Waals surface area contributed by atoms with Crippen LogP contribution in [0.5, 0.6) is 5.75 Å². The van der Waals surface area contributed by atoms with Crippen molar-refractivity contribution in [1.82, 2.24) is 0 Å². The van der Waals surface area contributed by atoms with E-state index in [4.69, 9.17) is 15.7 Å². The molecule has 1 rings (SSSR count). The van der Waals surface area contributed by atoms with Gasteiger partial charge in [0.25, 0.3) is 0 Å². The van der Waals surface area contributed by atoms with Gasteiger partial charge in [0.1, 0.15) is 5.84 Å². The molecule has 0 aliphatic heterocycles. The minimum absolute atomic E-state index is 0.0418. The van der Waals surface area contributed by atoms with E-state index in [2.05, 4.69) is 5.16 Å². The van der Waals surface area contributed by atoms with E-state index < -0.39 is 22.8 Å². The van der Waals surface area contributed by atoms with Gasteiger partial charge in [-0.25, -0.2) is 8.78 Å². The summed E-state index contributed by atoms with van der Waals surface area (Å²) >= 11 is 0. The van der Waals surface area contributed by atoms with E-state index in [1.165, 1.54) is 6.07 Å². The first kappa shape index (κ1) is 14.2. The number of halogens is 2. The van der Waals surface area contributed by atoms with Crippen LogP contribution in [0.25, 0.3) is 0 Å². The van der Waals surface area contributed by atoms with Crippen LogP contribution < -0.4 is 10.5 Å². The second-order valence-corrected chi connectivity index (χ2v) is 4.52. The van der Waals surface area contributed by atoms with Crippen LogP contribution in [-0.4, -0.2) is 17.6 Å². The van der Waals surface area contributed by atoms with Crippen molar-refractivity contribution in [3.05, 3.63) is 29.8 Å². The normalized spacial score (nSPS) is 12.6. The highest BCUT2D eigenvalue weighted by Gasteiger charge is 2.24. The molecular weight excluding hydrogens is 242 g/mol. The number of hydrogen-bond donors (Lipinski definition) is 2. The lowest BCUT2D eigenvalue weighted by molar-refractivity contribution is 0.242. The van der Waals surface area contributed by atoms with Gasteiger partial charge in [-0.05, 0) is 18.6 Å². The standard InChI is InChI=1S/C12H16F2N2O2/c1-12(2,11(15)16-17)6-7-18-10-8(13)4-3-5-9(10)14/h3-5,17H,6-7H2,1-2H3,(H2,15,16). The fraction of sp³-hybridized carbons (Fsp3) is 0.417. The van der Waals surface area contributed by atoms with E-state index in [1.54, 1.807) is 13.8 Å². The van der Waals surface area contributed by atoms with Crippen LogP contribution >= 0.6 is 0 Å². The molecule has 0 atom stereocenters. The number of benzene rings is 1. The van der Waals surface area contributed by atoms with Crippen molar-refractivity contribution >= 4 is 5.84 Å². The molecule has 4 nitrogen and oxygen atoms in total. The molecule has 0 aliphatic carbocycles. The third-order valence-electron chi connectivity index (χ3n) is 2.69. The molecule has 0 bridgehead atoms. The Kier molecular flexibility index (Phi) is 4.47. The predicted molar refractivity (Wildman–Crippen MR) is 63.7 cm³/mol. The van der Waals surface area contributed by atoms with Crippen molar-refractivity contribution in [2.24, 2.45) is 16.3 Å². The Balaban J connectivity index is 2.62. The molecule has 0 aromatic heterocycles. The monoisotopic (exact) mass is 258 g/mol. The van der Waals surface area contributed by atoms with Crippen molar-refractivity contribution < 1.29 is 18.7 Å². The van der Waals surface area contributed by atoms with E-state index in [9.17, 15) is 8.78 Å². The van der Waals surface area contributed by atoms with Gasteiger partial charge in [0.05, 0.1) is 6.61 Å². The largest absolute Gasteiger partial charge is 0.488 e. The maximum Gasteiger partial charge on any atom is 0.190 e. The van der Waals surface area contributed by atoms with E-state index in [-0.39, 0.29) is 12.4 Å². The van der Waals surface area contributed by atoms with Gasteiger partial charge >= 0.3 is 0 Å². The van der Waals surface area contributed by atoms with Crippen molar-refractivity contribution in [2.45, 2.75) is 20.3 Å². The second kappa shape index (κ2) is 5.66. The quantitative estimate of drug-likeness (QED) is 0.369. The van der Waals surface area contributed by atoms with E-state index >= 15 is 0 Å².